The van der Waals surface area contributed by atoms with E-state index in [2.05, 4.69) is 44.2 Å². The number of nitrogens with zero attached hydrogens (tertiary/aromatic N) is 4. The molecule has 11 heteroatoms. The molecule has 0 unspecified atom stereocenters. The van der Waals surface area contributed by atoms with Crippen molar-refractivity contribution >= 4 is 56.5 Å². The van der Waals surface area contributed by atoms with E-state index in [0.717, 1.165) is 45.5 Å². The molecule has 0 aliphatic heterocycles. The van der Waals surface area contributed by atoms with Crippen LogP contribution in [0.1, 0.15) is 36.7 Å². The first-order valence-electron chi connectivity index (χ1n) is 11.7. The molecule has 2 rings (SSSR count). The van der Waals surface area contributed by atoms with E-state index in [1.807, 2.05) is 44.2 Å². The van der Waals surface area contributed by atoms with Crippen LogP contribution in [0.2, 0.25) is 0 Å². The largest absolute Gasteiger partial charge is 0.300 e. The minimum Gasteiger partial charge on any atom is -0.300 e. The molecule has 0 atom stereocenters. The normalized spacial score (nSPS) is 12.3. The average molecular weight is 557 g/mol. The van der Waals surface area contributed by atoms with Gasteiger partial charge in [-0.05, 0) is 36.5 Å². The zero-order valence-corrected chi connectivity index (χ0v) is 23.6. The Kier molecular flexibility index (Phi) is 14.1. The smallest absolute Gasteiger partial charge is 0.230 e. The number of nitrogens with one attached hydrogen (secondary N) is 2. The fourth-order valence-electron chi connectivity index (χ4n) is 2.80. The number of allylic oxidation sites excluding steroid dienone is 8. The van der Waals surface area contributed by atoms with E-state index in [9.17, 15) is 9.59 Å². The van der Waals surface area contributed by atoms with Gasteiger partial charge in [0.15, 0.2) is 0 Å². The van der Waals surface area contributed by atoms with E-state index in [1.165, 1.54) is 22.7 Å². The highest BCUT2D eigenvalue weighted by Crippen LogP contribution is 2.20. The maximum atomic E-state index is 12.2. The maximum absolute atomic E-state index is 12.2. The molecule has 0 aliphatic rings. The third-order valence-corrected chi connectivity index (χ3v) is 7.44. The SMILES string of the molecule is C=C/C=C\C(=C/C)CC(=O)Nc1nnc(CCSCCc2nnc(NC(=O)C/C(C=C)=C/C=C\C)s2)s1. The fraction of sp³-hybridized carbons (Fsp3) is 0.308. The summed E-state index contributed by atoms with van der Waals surface area (Å²) in [5.41, 5.74) is 1.74. The number of anilines is 2. The summed E-state index contributed by atoms with van der Waals surface area (Å²) in [5.74, 6) is 1.48. The first-order chi connectivity index (χ1) is 18.0. The molecule has 37 heavy (non-hydrogen) atoms. The highest BCUT2D eigenvalue weighted by Gasteiger charge is 2.11. The van der Waals surface area contributed by atoms with Crippen molar-refractivity contribution in [1.29, 1.82) is 0 Å². The van der Waals surface area contributed by atoms with Crippen molar-refractivity contribution in [3.05, 3.63) is 82.9 Å². The van der Waals surface area contributed by atoms with Gasteiger partial charge in [-0.3, -0.25) is 9.59 Å². The predicted octanol–water partition coefficient (Wildman–Crippen LogP) is 5.94. The van der Waals surface area contributed by atoms with Crippen LogP contribution in [0.5, 0.6) is 0 Å². The summed E-state index contributed by atoms with van der Waals surface area (Å²) in [6, 6.07) is 0. The molecule has 2 aromatic heterocycles. The van der Waals surface area contributed by atoms with E-state index in [1.54, 1.807) is 30.0 Å². The molecule has 2 N–H and O–H groups in total. The fourth-order valence-corrected chi connectivity index (χ4v) is 5.45. The Balaban J connectivity index is 1.68. The summed E-state index contributed by atoms with van der Waals surface area (Å²) in [6.45, 7) is 11.2. The second kappa shape index (κ2) is 17.3. The van der Waals surface area contributed by atoms with Crippen LogP contribution in [-0.2, 0) is 22.4 Å². The molecule has 0 saturated carbocycles. The van der Waals surface area contributed by atoms with Crippen molar-refractivity contribution < 1.29 is 9.59 Å². The van der Waals surface area contributed by atoms with Crippen molar-refractivity contribution in [3.8, 4) is 0 Å². The Hall–Kier alpha value is -3.15. The van der Waals surface area contributed by atoms with Gasteiger partial charge in [-0.15, -0.1) is 20.4 Å². The van der Waals surface area contributed by atoms with E-state index in [4.69, 9.17) is 0 Å². The second-order valence-electron chi connectivity index (χ2n) is 7.49. The maximum Gasteiger partial charge on any atom is 0.230 e. The molecule has 0 aliphatic carbocycles. The Morgan fingerprint density at radius 2 is 1.43 bits per heavy atom. The Labute approximate surface area is 230 Å². The lowest BCUT2D eigenvalue weighted by molar-refractivity contribution is -0.116. The van der Waals surface area contributed by atoms with Crippen molar-refractivity contribution in [3.63, 3.8) is 0 Å². The van der Waals surface area contributed by atoms with Crippen molar-refractivity contribution in [2.24, 2.45) is 0 Å². The van der Waals surface area contributed by atoms with Crippen LogP contribution >= 0.6 is 34.4 Å². The molecule has 0 bridgehead atoms. The lowest BCUT2D eigenvalue weighted by Gasteiger charge is -2.01. The van der Waals surface area contributed by atoms with Crippen molar-refractivity contribution in [2.75, 3.05) is 22.1 Å². The topological polar surface area (TPSA) is 110 Å². The van der Waals surface area contributed by atoms with Gasteiger partial charge < -0.3 is 10.6 Å². The lowest BCUT2D eigenvalue weighted by atomic mass is 10.1. The van der Waals surface area contributed by atoms with Crippen LogP contribution in [-0.4, -0.2) is 43.7 Å². The lowest BCUT2D eigenvalue weighted by Crippen LogP contribution is -2.11. The van der Waals surface area contributed by atoms with E-state index in [0.29, 0.717) is 10.3 Å². The van der Waals surface area contributed by atoms with Crippen LogP contribution in [0.15, 0.2) is 72.9 Å². The number of aromatic nitrogens is 4. The van der Waals surface area contributed by atoms with Gasteiger partial charge in [-0.25, -0.2) is 0 Å². The van der Waals surface area contributed by atoms with Gasteiger partial charge in [-0.2, -0.15) is 11.8 Å². The van der Waals surface area contributed by atoms with E-state index in [-0.39, 0.29) is 24.7 Å². The number of rotatable bonds is 16. The van der Waals surface area contributed by atoms with Crippen molar-refractivity contribution in [1.82, 2.24) is 20.4 Å². The van der Waals surface area contributed by atoms with Gasteiger partial charge in [0.25, 0.3) is 0 Å². The molecule has 0 radical (unpaired) electrons. The van der Waals surface area contributed by atoms with E-state index >= 15 is 0 Å². The number of thioether (sulfide) groups is 1. The molecule has 2 amide bonds. The van der Waals surface area contributed by atoms with Gasteiger partial charge in [0, 0.05) is 12.8 Å². The van der Waals surface area contributed by atoms with Crippen LogP contribution in [0.25, 0.3) is 0 Å². The molecule has 0 fully saturated rings. The molecule has 2 heterocycles. The number of carbonyl (C=O) groups is 2. The summed E-state index contributed by atoms with van der Waals surface area (Å²) in [5, 5.41) is 24.9. The molecular formula is C26H32N6O2S3. The van der Waals surface area contributed by atoms with Gasteiger partial charge in [-0.1, -0.05) is 84.4 Å². The third kappa shape index (κ3) is 12.1. The van der Waals surface area contributed by atoms with Crippen LogP contribution in [0.3, 0.4) is 0 Å². The number of carbonyl (C=O) groups excluding carboxylic acids is 2. The summed E-state index contributed by atoms with van der Waals surface area (Å²) >= 11 is 4.56. The van der Waals surface area contributed by atoms with Gasteiger partial charge >= 0.3 is 0 Å². The molecule has 2 aromatic rings. The molecular weight excluding hydrogens is 525 g/mol. The van der Waals surface area contributed by atoms with Crippen LogP contribution < -0.4 is 10.6 Å². The average Bonchev–Trinajstić information content (AvgIpc) is 3.53. The van der Waals surface area contributed by atoms with Gasteiger partial charge in [0.1, 0.15) is 10.0 Å². The summed E-state index contributed by atoms with van der Waals surface area (Å²) in [4.78, 5) is 24.4. The predicted molar refractivity (Wildman–Crippen MR) is 157 cm³/mol. The first-order valence-corrected chi connectivity index (χ1v) is 14.5. The molecule has 0 spiro atoms. The van der Waals surface area contributed by atoms with Crippen molar-refractivity contribution in [2.45, 2.75) is 39.5 Å². The zero-order chi connectivity index (χ0) is 26.9. The molecule has 0 saturated heterocycles. The monoisotopic (exact) mass is 556 g/mol. The first kappa shape index (κ1) is 30.1. The number of hydrogen-bond acceptors (Lipinski definition) is 9. The molecule has 196 valence electrons. The third-order valence-electron chi connectivity index (χ3n) is 4.66. The molecule has 0 aromatic carbocycles. The minimum atomic E-state index is -0.146. The minimum absolute atomic E-state index is 0.127. The number of amides is 2. The Morgan fingerprint density at radius 1 is 0.865 bits per heavy atom. The van der Waals surface area contributed by atoms with E-state index < -0.39 is 0 Å². The molecule has 8 nitrogen and oxygen atoms in total. The Bertz CT molecular complexity index is 1180. The highest BCUT2D eigenvalue weighted by atomic mass is 32.2. The van der Waals surface area contributed by atoms with Crippen LogP contribution in [0.4, 0.5) is 10.3 Å². The Morgan fingerprint density at radius 3 is 1.92 bits per heavy atom. The summed E-state index contributed by atoms with van der Waals surface area (Å²) in [6.07, 6.45) is 16.6. The highest BCUT2D eigenvalue weighted by molar-refractivity contribution is 7.99. The number of hydrogen-bond donors (Lipinski definition) is 2. The quantitative estimate of drug-likeness (QED) is 0.194. The second-order valence-corrected chi connectivity index (χ2v) is 10.8. The van der Waals surface area contributed by atoms with Gasteiger partial charge in [0.05, 0.1) is 12.8 Å². The summed E-state index contributed by atoms with van der Waals surface area (Å²) in [7, 11) is 0. The zero-order valence-electron chi connectivity index (χ0n) is 21.1. The van der Waals surface area contributed by atoms with Crippen LogP contribution in [0, 0.1) is 0 Å². The summed E-state index contributed by atoms with van der Waals surface area (Å²) < 4.78 is 0. The number of aryl methyl sites for hydroxylation is 2. The van der Waals surface area contributed by atoms with Gasteiger partial charge in [0.2, 0.25) is 22.1 Å². The standard InChI is InChI=1S/C26H32N6O2S3/c1-5-9-11-19(7-3)17-21(33)27-25-31-29-23(36-25)13-15-35-16-14-24-30-32-26(37-24)28-22(34)18-20(8-4)12-10-6-2/h5-12H,1,4,13-18H2,2-3H3,(H,27,31,33)(H,28,32,34)/b10-6-,11-9-,19-7+,20-12+.